The third kappa shape index (κ3) is 5.15. The van der Waals surface area contributed by atoms with Gasteiger partial charge in [-0.25, -0.2) is 19.6 Å². The molecule has 9 nitrogen and oxygen atoms in total. The summed E-state index contributed by atoms with van der Waals surface area (Å²) in [5.74, 6) is -1.51. The summed E-state index contributed by atoms with van der Waals surface area (Å²) in [4.78, 5) is 35.8. The number of carboxylic acids is 1. The number of allylic oxidation sites excluding steroid dienone is 3. The zero-order valence-electron chi connectivity index (χ0n) is 20.1. The summed E-state index contributed by atoms with van der Waals surface area (Å²) in [5.41, 5.74) is 0.162. The Morgan fingerprint density at radius 1 is 1.11 bits per heavy atom. The molecule has 2 aliphatic heterocycles. The van der Waals surface area contributed by atoms with Crippen molar-refractivity contribution in [3.63, 3.8) is 0 Å². The van der Waals surface area contributed by atoms with E-state index in [1.165, 1.54) is 43.1 Å². The van der Waals surface area contributed by atoms with Crippen molar-refractivity contribution in [2.75, 3.05) is 26.2 Å². The van der Waals surface area contributed by atoms with Crippen LogP contribution in [0.3, 0.4) is 0 Å². The molecule has 0 bridgehead atoms. The SMILES string of the molecule is O=C(O)c1ccn(C(=O)N2CCC3(CCCN3CC3C=C(C(F)(F)F)C=C(c4cncnc4)C3)CC2)n1. The Morgan fingerprint density at radius 2 is 1.84 bits per heavy atom. The average Bonchev–Trinajstić information content (AvgIpc) is 3.52. The highest BCUT2D eigenvalue weighted by Crippen LogP contribution is 2.42. The van der Waals surface area contributed by atoms with E-state index in [-0.39, 0.29) is 23.2 Å². The predicted molar refractivity (Wildman–Crippen MR) is 127 cm³/mol. The minimum Gasteiger partial charge on any atom is -0.476 e. The molecule has 2 aromatic heterocycles. The van der Waals surface area contributed by atoms with Gasteiger partial charge in [-0.3, -0.25) is 4.90 Å². The highest BCUT2D eigenvalue weighted by molar-refractivity contribution is 5.86. The quantitative estimate of drug-likeness (QED) is 0.658. The molecule has 2 aromatic rings. The molecule has 1 aliphatic carbocycles. The van der Waals surface area contributed by atoms with E-state index >= 15 is 0 Å². The Labute approximate surface area is 211 Å². The van der Waals surface area contributed by atoms with Gasteiger partial charge in [0.25, 0.3) is 0 Å². The highest BCUT2D eigenvalue weighted by Gasteiger charge is 2.45. The second-order valence-corrected chi connectivity index (χ2v) is 9.87. The number of alkyl halides is 3. The van der Waals surface area contributed by atoms with E-state index in [9.17, 15) is 22.8 Å². The molecule has 1 atom stereocenters. The number of aromatic carboxylic acids is 1. The number of piperidine rings is 1. The molecule has 3 aliphatic rings. The van der Waals surface area contributed by atoms with Crippen LogP contribution in [-0.4, -0.2) is 84.5 Å². The van der Waals surface area contributed by atoms with Crippen LogP contribution in [0.5, 0.6) is 0 Å². The maximum atomic E-state index is 13.7. The van der Waals surface area contributed by atoms with Gasteiger partial charge in [-0.05, 0) is 62.3 Å². The van der Waals surface area contributed by atoms with Gasteiger partial charge >= 0.3 is 18.2 Å². The van der Waals surface area contributed by atoms with Crippen LogP contribution in [0.25, 0.3) is 5.57 Å². The van der Waals surface area contributed by atoms with Gasteiger partial charge in [-0.2, -0.15) is 23.0 Å². The summed E-state index contributed by atoms with van der Waals surface area (Å²) in [7, 11) is 0. The Bertz CT molecular complexity index is 1230. The van der Waals surface area contributed by atoms with E-state index < -0.39 is 17.7 Å². The van der Waals surface area contributed by atoms with Gasteiger partial charge in [0.2, 0.25) is 0 Å². The molecule has 196 valence electrons. The maximum absolute atomic E-state index is 13.7. The zero-order valence-corrected chi connectivity index (χ0v) is 20.1. The van der Waals surface area contributed by atoms with Gasteiger partial charge in [0.15, 0.2) is 5.69 Å². The second-order valence-electron chi connectivity index (χ2n) is 9.87. The van der Waals surface area contributed by atoms with E-state index in [4.69, 9.17) is 5.11 Å². The van der Waals surface area contributed by atoms with E-state index in [2.05, 4.69) is 20.0 Å². The standard InChI is InChI=1S/C25H27F3N6O3/c26-25(27,28)20-11-17(10-18(12-20)19-13-29-16-30-14-19)15-33-6-1-3-24(33)4-8-32(9-5-24)23(37)34-7-2-21(31-34)22(35)36/h2,7,11-14,16-17H,1,3-6,8-10,15H2,(H,35,36). The van der Waals surface area contributed by atoms with Crippen LogP contribution >= 0.6 is 0 Å². The van der Waals surface area contributed by atoms with E-state index in [0.717, 1.165) is 24.1 Å². The molecule has 4 heterocycles. The first-order valence-electron chi connectivity index (χ1n) is 12.2. The number of halogens is 3. The van der Waals surface area contributed by atoms with Crippen molar-refractivity contribution in [3.05, 3.63) is 60.0 Å². The van der Waals surface area contributed by atoms with Gasteiger partial charge in [0, 0.05) is 49.3 Å². The summed E-state index contributed by atoms with van der Waals surface area (Å²) in [6.45, 7) is 2.24. The molecular weight excluding hydrogens is 489 g/mol. The maximum Gasteiger partial charge on any atom is 0.416 e. The van der Waals surface area contributed by atoms with Crippen molar-refractivity contribution in [1.29, 1.82) is 0 Å². The lowest BCUT2D eigenvalue weighted by atomic mass is 9.82. The smallest absolute Gasteiger partial charge is 0.416 e. The molecule has 1 N–H and O–H groups in total. The van der Waals surface area contributed by atoms with Gasteiger partial charge in [-0.15, -0.1) is 0 Å². The predicted octanol–water partition coefficient (Wildman–Crippen LogP) is 3.86. The largest absolute Gasteiger partial charge is 0.476 e. The van der Waals surface area contributed by atoms with E-state index in [0.29, 0.717) is 50.0 Å². The lowest BCUT2D eigenvalue weighted by molar-refractivity contribution is -0.0889. The van der Waals surface area contributed by atoms with E-state index in [1.807, 2.05) is 0 Å². The molecular formula is C25H27F3N6O3. The molecule has 0 aromatic carbocycles. The van der Waals surface area contributed by atoms with E-state index in [1.54, 1.807) is 4.90 Å². The number of carboxylic acid groups (broad SMARTS) is 1. The molecule has 2 fully saturated rings. The van der Waals surface area contributed by atoms with Crippen molar-refractivity contribution in [3.8, 4) is 0 Å². The molecule has 1 amide bonds. The van der Waals surface area contributed by atoms with Crippen molar-refractivity contribution in [2.45, 2.75) is 43.8 Å². The number of carbonyl (C=O) groups is 2. The molecule has 0 saturated carbocycles. The Morgan fingerprint density at radius 3 is 2.49 bits per heavy atom. The van der Waals surface area contributed by atoms with Crippen LogP contribution < -0.4 is 0 Å². The Balaban J connectivity index is 1.28. The highest BCUT2D eigenvalue weighted by atomic mass is 19.4. The number of hydrogen-bond acceptors (Lipinski definition) is 6. The number of carbonyl (C=O) groups excluding carboxylic acids is 1. The van der Waals surface area contributed by atoms with Gasteiger partial charge in [0.1, 0.15) is 6.33 Å². The molecule has 12 heteroatoms. The minimum atomic E-state index is -4.44. The third-order valence-electron chi connectivity index (χ3n) is 7.65. The van der Waals surface area contributed by atoms with Crippen LogP contribution in [0.1, 0.15) is 48.2 Å². The fourth-order valence-electron chi connectivity index (χ4n) is 5.78. The molecule has 1 spiro atoms. The van der Waals surface area contributed by atoms with Crippen LogP contribution in [0, 0.1) is 5.92 Å². The first-order valence-corrected chi connectivity index (χ1v) is 12.2. The van der Waals surface area contributed by atoms with Crippen molar-refractivity contribution in [1.82, 2.24) is 29.5 Å². The van der Waals surface area contributed by atoms with Crippen LogP contribution in [0.4, 0.5) is 18.0 Å². The molecule has 5 rings (SSSR count). The normalized spacial score (nSPS) is 22.1. The number of aromatic nitrogens is 4. The number of amides is 1. The number of nitrogens with zero attached hydrogens (tertiary/aromatic N) is 6. The van der Waals surface area contributed by atoms with Crippen molar-refractivity contribution >= 4 is 17.6 Å². The van der Waals surface area contributed by atoms with Crippen LogP contribution in [0.2, 0.25) is 0 Å². The second kappa shape index (κ2) is 9.73. The Hall–Kier alpha value is -3.54. The number of rotatable bonds is 4. The van der Waals surface area contributed by atoms with Crippen LogP contribution in [0.15, 0.2) is 48.7 Å². The molecule has 0 radical (unpaired) electrons. The topological polar surface area (TPSA) is 104 Å². The minimum absolute atomic E-state index is 0.170. The monoisotopic (exact) mass is 516 g/mol. The molecule has 1 unspecified atom stereocenters. The van der Waals surface area contributed by atoms with Gasteiger partial charge in [-0.1, -0.05) is 6.08 Å². The summed E-state index contributed by atoms with van der Waals surface area (Å²) >= 11 is 0. The summed E-state index contributed by atoms with van der Waals surface area (Å²) in [6.07, 6.45) is 7.62. The van der Waals surface area contributed by atoms with Gasteiger partial charge in [0.05, 0.1) is 5.57 Å². The molecule has 37 heavy (non-hydrogen) atoms. The fraction of sp³-hybridized carbons (Fsp3) is 0.480. The first kappa shape index (κ1) is 25.1. The number of likely N-dealkylation sites (tertiary alicyclic amines) is 2. The zero-order chi connectivity index (χ0) is 26.2. The fourth-order valence-corrected chi connectivity index (χ4v) is 5.78. The lowest BCUT2D eigenvalue weighted by Gasteiger charge is -2.46. The van der Waals surface area contributed by atoms with Gasteiger partial charge < -0.3 is 10.0 Å². The van der Waals surface area contributed by atoms with Crippen molar-refractivity contribution in [2.24, 2.45) is 5.92 Å². The Kier molecular flexibility index (Phi) is 6.61. The summed E-state index contributed by atoms with van der Waals surface area (Å²) < 4.78 is 42.2. The van der Waals surface area contributed by atoms with Crippen LogP contribution in [-0.2, 0) is 0 Å². The summed E-state index contributed by atoms with van der Waals surface area (Å²) in [6, 6.07) is 0.901. The number of hydrogen-bond donors (Lipinski definition) is 1. The third-order valence-corrected chi connectivity index (χ3v) is 7.65. The van der Waals surface area contributed by atoms with Crippen molar-refractivity contribution < 1.29 is 27.9 Å². The summed E-state index contributed by atoms with van der Waals surface area (Å²) in [5, 5.41) is 12.9. The average molecular weight is 517 g/mol. The first-order chi connectivity index (χ1) is 17.6. The molecule has 2 saturated heterocycles. The lowest BCUT2D eigenvalue weighted by Crippen LogP contribution is -2.54.